The zero-order chi connectivity index (χ0) is 18.9. The van der Waals surface area contributed by atoms with E-state index < -0.39 is 0 Å². The van der Waals surface area contributed by atoms with Gasteiger partial charge in [0.1, 0.15) is 0 Å². The van der Waals surface area contributed by atoms with Gasteiger partial charge in [-0.1, -0.05) is 31.5 Å². The lowest BCUT2D eigenvalue weighted by Gasteiger charge is -2.17. The molecule has 0 aromatic heterocycles. The maximum absolute atomic E-state index is 12.3. The van der Waals surface area contributed by atoms with Crippen molar-refractivity contribution in [2.75, 3.05) is 19.5 Å². The van der Waals surface area contributed by atoms with Gasteiger partial charge < -0.3 is 20.5 Å². The van der Waals surface area contributed by atoms with E-state index in [1.165, 1.54) is 0 Å². The van der Waals surface area contributed by atoms with E-state index in [0.29, 0.717) is 24.5 Å². The highest BCUT2D eigenvalue weighted by Crippen LogP contribution is 2.30. The number of methoxy groups -OCH3 is 1. The Labute approximate surface area is 155 Å². The number of hydrogen-bond acceptors (Lipinski definition) is 4. The lowest BCUT2D eigenvalue weighted by atomic mass is 10.1. The van der Waals surface area contributed by atoms with Crippen molar-refractivity contribution in [2.24, 2.45) is 0 Å². The summed E-state index contributed by atoms with van der Waals surface area (Å²) in [6, 6.07) is 13.0. The third-order valence-corrected chi connectivity index (χ3v) is 4.17. The van der Waals surface area contributed by atoms with Crippen LogP contribution in [0.1, 0.15) is 43.9 Å². The first-order valence-electron chi connectivity index (χ1n) is 8.98. The second-order valence-electron chi connectivity index (χ2n) is 6.32. The van der Waals surface area contributed by atoms with Crippen LogP contribution in [-0.4, -0.2) is 19.6 Å². The molecule has 0 aliphatic heterocycles. The Hall–Kier alpha value is -2.69. The molecule has 140 valence electrons. The van der Waals surface area contributed by atoms with Gasteiger partial charge in [0.2, 0.25) is 5.91 Å². The Bertz CT molecular complexity index is 714. The predicted molar refractivity (Wildman–Crippen MR) is 105 cm³/mol. The summed E-state index contributed by atoms with van der Waals surface area (Å²) in [4.78, 5) is 12.3. The predicted octanol–water partition coefficient (Wildman–Crippen LogP) is 3.88. The molecule has 2 aromatic rings. The maximum Gasteiger partial charge on any atom is 0.224 e. The number of nitrogens with two attached hydrogens (primary N) is 1. The minimum Gasteiger partial charge on any atom is -0.493 e. The number of rotatable bonds is 9. The van der Waals surface area contributed by atoms with Crippen LogP contribution in [0.25, 0.3) is 0 Å². The summed E-state index contributed by atoms with van der Waals surface area (Å²) in [5.74, 6) is 1.37. The summed E-state index contributed by atoms with van der Waals surface area (Å²) in [5.41, 5.74) is 8.26. The summed E-state index contributed by atoms with van der Waals surface area (Å²) >= 11 is 0. The zero-order valence-corrected chi connectivity index (χ0v) is 15.7. The summed E-state index contributed by atoms with van der Waals surface area (Å²) in [6.07, 6.45) is 2.40. The molecule has 5 nitrogen and oxygen atoms in total. The molecule has 0 aliphatic carbocycles. The first-order chi connectivity index (χ1) is 12.5. The molecule has 0 heterocycles. The number of unbranched alkanes of at least 4 members (excludes halogenated alkanes) is 1. The van der Waals surface area contributed by atoms with E-state index >= 15 is 0 Å². The molecule has 0 fully saturated rings. The number of nitrogen functional groups attached to an aromatic ring is 1. The molecule has 1 unspecified atom stereocenters. The van der Waals surface area contributed by atoms with Crippen molar-refractivity contribution in [1.29, 1.82) is 0 Å². The van der Waals surface area contributed by atoms with Crippen LogP contribution in [0.4, 0.5) is 5.69 Å². The van der Waals surface area contributed by atoms with E-state index in [0.717, 1.165) is 29.7 Å². The number of carbonyl (C=O) groups is 1. The van der Waals surface area contributed by atoms with Crippen LogP contribution in [0.2, 0.25) is 0 Å². The molecule has 0 aliphatic rings. The zero-order valence-electron chi connectivity index (χ0n) is 15.7. The standard InChI is InChI=1S/C21H28N2O3/c1-4-5-12-26-19-11-8-17(14-20(19)25-3)15(2)23-21(24)13-16-6-9-18(22)10-7-16/h6-11,14-15H,4-5,12-13,22H2,1-3H3,(H,23,24). The van der Waals surface area contributed by atoms with E-state index in [-0.39, 0.29) is 11.9 Å². The van der Waals surface area contributed by atoms with Crippen molar-refractivity contribution in [3.63, 3.8) is 0 Å². The fourth-order valence-corrected chi connectivity index (χ4v) is 2.60. The third kappa shape index (κ3) is 5.69. The Balaban J connectivity index is 1.98. The molecular weight excluding hydrogens is 328 g/mol. The molecule has 0 radical (unpaired) electrons. The summed E-state index contributed by atoms with van der Waals surface area (Å²) in [6.45, 7) is 4.74. The van der Waals surface area contributed by atoms with Crippen LogP contribution < -0.4 is 20.5 Å². The molecule has 1 amide bonds. The molecule has 2 aromatic carbocycles. The molecule has 26 heavy (non-hydrogen) atoms. The number of hydrogen-bond donors (Lipinski definition) is 2. The van der Waals surface area contributed by atoms with Crippen molar-refractivity contribution in [2.45, 2.75) is 39.2 Å². The number of amides is 1. The molecule has 0 saturated carbocycles. The van der Waals surface area contributed by atoms with Crippen molar-refractivity contribution in [3.05, 3.63) is 53.6 Å². The number of benzene rings is 2. The quantitative estimate of drug-likeness (QED) is 0.528. The van der Waals surface area contributed by atoms with Crippen molar-refractivity contribution in [1.82, 2.24) is 5.32 Å². The SMILES string of the molecule is CCCCOc1ccc(C(C)NC(=O)Cc2ccc(N)cc2)cc1OC. The van der Waals surface area contributed by atoms with Gasteiger partial charge in [0.15, 0.2) is 11.5 Å². The van der Waals surface area contributed by atoms with Crippen LogP contribution in [0.3, 0.4) is 0 Å². The molecule has 0 bridgehead atoms. The van der Waals surface area contributed by atoms with Gasteiger partial charge >= 0.3 is 0 Å². The number of ether oxygens (including phenoxy) is 2. The van der Waals surface area contributed by atoms with E-state index in [1.807, 2.05) is 37.3 Å². The maximum atomic E-state index is 12.3. The largest absolute Gasteiger partial charge is 0.493 e. The van der Waals surface area contributed by atoms with E-state index in [2.05, 4.69) is 12.2 Å². The summed E-state index contributed by atoms with van der Waals surface area (Å²) in [7, 11) is 1.62. The normalized spacial score (nSPS) is 11.7. The number of carbonyl (C=O) groups excluding carboxylic acids is 1. The molecule has 0 spiro atoms. The highest BCUT2D eigenvalue weighted by molar-refractivity contribution is 5.79. The molecule has 1 atom stereocenters. The lowest BCUT2D eigenvalue weighted by molar-refractivity contribution is -0.121. The fourth-order valence-electron chi connectivity index (χ4n) is 2.60. The van der Waals surface area contributed by atoms with Gasteiger partial charge in [-0.15, -0.1) is 0 Å². The Morgan fingerprint density at radius 3 is 2.54 bits per heavy atom. The summed E-state index contributed by atoms with van der Waals surface area (Å²) in [5, 5.41) is 3.02. The van der Waals surface area contributed by atoms with Gasteiger partial charge in [-0.3, -0.25) is 4.79 Å². The van der Waals surface area contributed by atoms with Gasteiger partial charge in [0, 0.05) is 5.69 Å². The van der Waals surface area contributed by atoms with Crippen LogP contribution in [0, 0.1) is 0 Å². The second-order valence-corrected chi connectivity index (χ2v) is 6.32. The Kier molecular flexibility index (Phi) is 7.33. The minimum atomic E-state index is -0.130. The molecule has 3 N–H and O–H groups in total. The molecular formula is C21H28N2O3. The Morgan fingerprint density at radius 2 is 1.88 bits per heavy atom. The number of anilines is 1. The average molecular weight is 356 g/mol. The van der Waals surface area contributed by atoms with Crippen molar-refractivity contribution in [3.8, 4) is 11.5 Å². The van der Waals surface area contributed by atoms with Gasteiger partial charge in [-0.05, 0) is 48.7 Å². The molecule has 0 saturated heterocycles. The molecule has 5 heteroatoms. The van der Waals surface area contributed by atoms with Crippen LogP contribution in [-0.2, 0) is 11.2 Å². The monoisotopic (exact) mass is 356 g/mol. The van der Waals surface area contributed by atoms with Crippen molar-refractivity contribution >= 4 is 11.6 Å². The third-order valence-electron chi connectivity index (χ3n) is 4.17. The van der Waals surface area contributed by atoms with E-state index in [9.17, 15) is 4.79 Å². The van der Waals surface area contributed by atoms with Gasteiger partial charge in [-0.2, -0.15) is 0 Å². The lowest BCUT2D eigenvalue weighted by Crippen LogP contribution is -2.28. The van der Waals surface area contributed by atoms with Crippen LogP contribution >= 0.6 is 0 Å². The minimum absolute atomic E-state index is 0.0375. The Morgan fingerprint density at radius 1 is 1.15 bits per heavy atom. The van der Waals surface area contributed by atoms with E-state index in [1.54, 1.807) is 19.2 Å². The average Bonchev–Trinajstić information content (AvgIpc) is 2.64. The fraction of sp³-hybridized carbons (Fsp3) is 0.381. The van der Waals surface area contributed by atoms with Crippen molar-refractivity contribution < 1.29 is 14.3 Å². The summed E-state index contributed by atoms with van der Waals surface area (Å²) < 4.78 is 11.2. The van der Waals surface area contributed by atoms with Gasteiger partial charge in [0.05, 0.1) is 26.2 Å². The topological polar surface area (TPSA) is 73.6 Å². The van der Waals surface area contributed by atoms with Gasteiger partial charge in [0.25, 0.3) is 0 Å². The number of nitrogens with one attached hydrogen (secondary N) is 1. The smallest absolute Gasteiger partial charge is 0.224 e. The second kappa shape index (κ2) is 9.70. The van der Waals surface area contributed by atoms with Gasteiger partial charge in [-0.25, -0.2) is 0 Å². The highest BCUT2D eigenvalue weighted by Gasteiger charge is 2.13. The van der Waals surface area contributed by atoms with Crippen LogP contribution in [0.15, 0.2) is 42.5 Å². The molecule has 2 rings (SSSR count). The first kappa shape index (κ1) is 19.6. The highest BCUT2D eigenvalue weighted by atomic mass is 16.5. The first-order valence-corrected chi connectivity index (χ1v) is 8.98. The van der Waals surface area contributed by atoms with E-state index in [4.69, 9.17) is 15.2 Å². The van der Waals surface area contributed by atoms with Crippen LogP contribution in [0.5, 0.6) is 11.5 Å².